The molecule has 1 heterocycles. The van der Waals surface area contributed by atoms with Crippen molar-refractivity contribution in [3.05, 3.63) is 0 Å². The molecular weight excluding hydrogens is 270 g/mol. The van der Waals surface area contributed by atoms with Gasteiger partial charge in [-0.2, -0.15) is 0 Å². The number of carbonyl (C=O) groups is 3. The van der Waals surface area contributed by atoms with E-state index in [-0.39, 0.29) is 31.8 Å². The van der Waals surface area contributed by atoms with E-state index in [0.29, 0.717) is 19.5 Å². The lowest BCUT2D eigenvalue weighted by Crippen LogP contribution is -2.43. The predicted molar refractivity (Wildman–Crippen MR) is 67.4 cm³/mol. The zero-order valence-electron chi connectivity index (χ0n) is 11.3. The summed E-state index contributed by atoms with van der Waals surface area (Å²) in [6.45, 7) is 0.936. The molecule has 0 aliphatic carbocycles. The molecule has 1 atom stereocenters. The molecule has 0 aromatic heterocycles. The number of carboxylic acids is 1. The molecule has 9 nitrogen and oxygen atoms in total. The Morgan fingerprint density at radius 2 is 2.15 bits per heavy atom. The van der Waals surface area contributed by atoms with Crippen LogP contribution in [0.5, 0.6) is 0 Å². The maximum Gasteiger partial charge on any atom is 0.407 e. The lowest BCUT2D eigenvalue weighted by atomic mass is 10.3. The summed E-state index contributed by atoms with van der Waals surface area (Å²) in [5, 5.41) is 13.6. The summed E-state index contributed by atoms with van der Waals surface area (Å²) in [6, 6.07) is -0.380. The van der Waals surface area contributed by atoms with E-state index in [1.165, 1.54) is 7.11 Å². The van der Waals surface area contributed by atoms with Crippen LogP contribution in [0.15, 0.2) is 0 Å². The Labute approximate surface area is 116 Å². The summed E-state index contributed by atoms with van der Waals surface area (Å²) in [5.74, 6) is -1.05. The van der Waals surface area contributed by atoms with Gasteiger partial charge in [0.25, 0.3) is 0 Å². The van der Waals surface area contributed by atoms with Gasteiger partial charge in [-0.3, -0.25) is 0 Å². The van der Waals surface area contributed by atoms with Gasteiger partial charge in [0.1, 0.15) is 6.61 Å². The second-order valence-electron chi connectivity index (χ2n) is 4.25. The third kappa shape index (κ3) is 5.74. The number of likely N-dealkylation sites (tertiary alicyclic amines) is 1. The van der Waals surface area contributed by atoms with E-state index in [4.69, 9.17) is 9.84 Å². The Kier molecular flexibility index (Phi) is 6.57. The lowest BCUT2D eigenvalue weighted by molar-refractivity contribution is -0.142. The molecule has 0 bridgehead atoms. The number of aliphatic carboxylic acids is 1. The smallest absolute Gasteiger partial charge is 0.407 e. The zero-order valence-corrected chi connectivity index (χ0v) is 11.3. The fourth-order valence-corrected chi connectivity index (χ4v) is 1.79. The van der Waals surface area contributed by atoms with E-state index < -0.39 is 12.1 Å². The number of carbonyl (C=O) groups excluding carboxylic acids is 2. The molecule has 1 unspecified atom stereocenters. The van der Waals surface area contributed by atoms with Crippen molar-refractivity contribution in [3.63, 3.8) is 0 Å². The van der Waals surface area contributed by atoms with Gasteiger partial charge in [-0.15, -0.1) is 0 Å². The van der Waals surface area contributed by atoms with E-state index in [1.54, 1.807) is 4.90 Å². The van der Waals surface area contributed by atoms with Crippen LogP contribution >= 0.6 is 0 Å². The summed E-state index contributed by atoms with van der Waals surface area (Å²) < 4.78 is 9.28. The number of urea groups is 1. The van der Waals surface area contributed by atoms with Gasteiger partial charge in [0.05, 0.1) is 19.8 Å². The number of methoxy groups -OCH3 is 1. The topological polar surface area (TPSA) is 117 Å². The highest BCUT2D eigenvalue weighted by Gasteiger charge is 2.27. The first-order valence-corrected chi connectivity index (χ1v) is 6.19. The Bertz CT molecular complexity index is 362. The first-order valence-electron chi connectivity index (χ1n) is 6.19. The van der Waals surface area contributed by atoms with Crippen molar-refractivity contribution in [2.45, 2.75) is 12.5 Å². The Hall–Kier alpha value is -2.03. The molecule has 1 fully saturated rings. The van der Waals surface area contributed by atoms with Crippen molar-refractivity contribution >= 4 is 18.1 Å². The van der Waals surface area contributed by atoms with E-state index in [2.05, 4.69) is 15.4 Å². The zero-order chi connectivity index (χ0) is 15.0. The first kappa shape index (κ1) is 16.0. The van der Waals surface area contributed by atoms with Gasteiger partial charge in [0.2, 0.25) is 0 Å². The molecule has 1 saturated heterocycles. The van der Waals surface area contributed by atoms with Gasteiger partial charge in [-0.05, 0) is 6.42 Å². The van der Waals surface area contributed by atoms with E-state index in [1.807, 2.05) is 0 Å². The van der Waals surface area contributed by atoms with Crippen LogP contribution in [0.1, 0.15) is 6.42 Å². The third-order valence-corrected chi connectivity index (χ3v) is 2.73. The van der Waals surface area contributed by atoms with E-state index in [0.717, 1.165) is 0 Å². The largest absolute Gasteiger partial charge is 0.480 e. The van der Waals surface area contributed by atoms with Crippen LogP contribution in [0, 0.1) is 0 Å². The van der Waals surface area contributed by atoms with Crippen molar-refractivity contribution in [2.75, 3.05) is 40.0 Å². The normalized spacial score (nSPS) is 17.6. The number of rotatable bonds is 6. The Balaban J connectivity index is 2.15. The second-order valence-corrected chi connectivity index (χ2v) is 4.25. The maximum absolute atomic E-state index is 11.7. The second kappa shape index (κ2) is 8.20. The maximum atomic E-state index is 11.7. The molecule has 3 amide bonds. The number of nitrogens with one attached hydrogen (secondary N) is 2. The molecule has 3 N–H and O–H groups in total. The van der Waals surface area contributed by atoms with Crippen LogP contribution in [-0.2, 0) is 14.3 Å². The van der Waals surface area contributed by atoms with E-state index >= 15 is 0 Å². The SMILES string of the molecule is COC(=O)NC1CCN(C(=O)NCCOCC(=O)O)C1. The van der Waals surface area contributed by atoms with Gasteiger partial charge >= 0.3 is 18.1 Å². The van der Waals surface area contributed by atoms with Gasteiger partial charge in [0.15, 0.2) is 0 Å². The monoisotopic (exact) mass is 289 g/mol. The van der Waals surface area contributed by atoms with Gasteiger partial charge < -0.3 is 30.1 Å². The third-order valence-electron chi connectivity index (χ3n) is 2.73. The van der Waals surface area contributed by atoms with Crippen LogP contribution in [0.2, 0.25) is 0 Å². The number of amides is 3. The summed E-state index contributed by atoms with van der Waals surface area (Å²) in [6.07, 6.45) is 0.150. The molecule has 0 radical (unpaired) electrons. The molecule has 1 aliphatic heterocycles. The van der Waals surface area contributed by atoms with Crippen LogP contribution in [0.25, 0.3) is 0 Å². The highest BCUT2D eigenvalue weighted by atomic mass is 16.5. The standard InChI is InChI=1S/C11H19N3O6/c1-19-11(18)13-8-2-4-14(6-8)10(17)12-3-5-20-7-9(15)16/h8H,2-7H2,1H3,(H,12,17)(H,13,18)(H,15,16). The van der Waals surface area contributed by atoms with Crippen LogP contribution in [0.3, 0.4) is 0 Å². The van der Waals surface area contributed by atoms with Crippen molar-refractivity contribution in [3.8, 4) is 0 Å². The highest BCUT2D eigenvalue weighted by molar-refractivity contribution is 5.75. The minimum absolute atomic E-state index is 0.114. The van der Waals surface area contributed by atoms with Crippen LogP contribution < -0.4 is 10.6 Å². The molecule has 0 spiro atoms. The first-order chi connectivity index (χ1) is 9.52. The quantitative estimate of drug-likeness (QED) is 0.553. The average Bonchev–Trinajstić information content (AvgIpc) is 2.86. The summed E-state index contributed by atoms with van der Waals surface area (Å²) in [5.41, 5.74) is 0. The summed E-state index contributed by atoms with van der Waals surface area (Å²) in [7, 11) is 1.28. The molecule has 0 aromatic carbocycles. The minimum atomic E-state index is -1.05. The van der Waals surface area contributed by atoms with Crippen molar-refractivity contribution in [1.82, 2.24) is 15.5 Å². The summed E-state index contributed by atoms with van der Waals surface area (Å²) >= 11 is 0. The highest BCUT2D eigenvalue weighted by Crippen LogP contribution is 2.09. The number of hydrogen-bond acceptors (Lipinski definition) is 5. The van der Waals surface area contributed by atoms with Crippen molar-refractivity contribution < 1.29 is 29.0 Å². The van der Waals surface area contributed by atoms with Crippen LogP contribution in [0.4, 0.5) is 9.59 Å². The molecule has 20 heavy (non-hydrogen) atoms. The van der Waals surface area contributed by atoms with Gasteiger partial charge in [-0.25, -0.2) is 14.4 Å². The Morgan fingerprint density at radius 1 is 1.40 bits per heavy atom. The average molecular weight is 289 g/mol. The predicted octanol–water partition coefficient (Wildman–Crippen LogP) is -0.772. The molecule has 1 aliphatic rings. The molecule has 9 heteroatoms. The van der Waals surface area contributed by atoms with Gasteiger partial charge in [0, 0.05) is 19.6 Å². The minimum Gasteiger partial charge on any atom is -0.480 e. The molecule has 0 saturated carbocycles. The molecular formula is C11H19N3O6. The van der Waals surface area contributed by atoms with Gasteiger partial charge in [-0.1, -0.05) is 0 Å². The number of nitrogens with zero attached hydrogens (tertiary/aromatic N) is 1. The molecule has 114 valence electrons. The van der Waals surface area contributed by atoms with Crippen molar-refractivity contribution in [1.29, 1.82) is 0 Å². The summed E-state index contributed by atoms with van der Waals surface area (Å²) in [4.78, 5) is 34.5. The molecule has 1 rings (SSSR count). The van der Waals surface area contributed by atoms with Crippen LogP contribution in [-0.4, -0.2) is 74.1 Å². The number of alkyl carbamates (subject to hydrolysis) is 1. The van der Waals surface area contributed by atoms with Crippen molar-refractivity contribution in [2.24, 2.45) is 0 Å². The van der Waals surface area contributed by atoms with E-state index in [9.17, 15) is 14.4 Å². The fraction of sp³-hybridized carbons (Fsp3) is 0.727. The molecule has 0 aromatic rings. The lowest BCUT2D eigenvalue weighted by Gasteiger charge is -2.17. The number of ether oxygens (including phenoxy) is 2. The number of hydrogen-bond donors (Lipinski definition) is 3. The Morgan fingerprint density at radius 3 is 2.80 bits per heavy atom. The fourth-order valence-electron chi connectivity index (χ4n) is 1.79. The number of carboxylic acid groups (broad SMARTS) is 1.